The van der Waals surface area contributed by atoms with E-state index >= 15 is 0 Å². The van der Waals surface area contributed by atoms with Crippen LogP contribution in [0.25, 0.3) is 0 Å². The lowest BCUT2D eigenvalue weighted by Crippen LogP contribution is -2.08. The van der Waals surface area contributed by atoms with Crippen LogP contribution in [0.15, 0.2) is 18.2 Å². The number of benzene rings is 1. The number of aliphatic hydroxyl groups excluding tert-OH is 1. The van der Waals surface area contributed by atoms with Crippen molar-refractivity contribution in [2.24, 2.45) is 0 Å². The van der Waals surface area contributed by atoms with Gasteiger partial charge in [-0.2, -0.15) is 0 Å². The summed E-state index contributed by atoms with van der Waals surface area (Å²) in [7, 11) is 1.41. The molecule has 1 rings (SSSR count). The maximum absolute atomic E-state index is 12.0. The number of aliphatic hydroxyl groups is 1. The van der Waals surface area contributed by atoms with Crippen LogP contribution in [-0.2, 0) is 0 Å². The van der Waals surface area contributed by atoms with Crippen LogP contribution in [0.5, 0.6) is 11.5 Å². The van der Waals surface area contributed by atoms with Gasteiger partial charge in [-0.05, 0) is 24.6 Å². The minimum atomic E-state index is -2.53. The quantitative estimate of drug-likeness (QED) is 0.847. The second-order valence-corrected chi connectivity index (χ2v) is 3.29. The fraction of sp³-hybridized carbons (Fsp3) is 0.455. The summed E-state index contributed by atoms with van der Waals surface area (Å²) in [5.74, 6) is 0.575. The Morgan fingerprint density at radius 3 is 2.50 bits per heavy atom. The number of hydrogen-bond donors (Lipinski definition) is 1. The molecule has 1 N–H and O–H groups in total. The third kappa shape index (κ3) is 3.34. The molecule has 0 saturated heterocycles. The number of alkyl halides is 2. The van der Waals surface area contributed by atoms with E-state index in [2.05, 4.69) is 0 Å². The van der Waals surface area contributed by atoms with E-state index < -0.39 is 19.1 Å². The second kappa shape index (κ2) is 5.65. The van der Waals surface area contributed by atoms with Crippen LogP contribution >= 0.6 is 0 Å². The van der Waals surface area contributed by atoms with Crippen molar-refractivity contribution in [1.82, 2.24) is 0 Å². The molecule has 0 spiro atoms. The van der Waals surface area contributed by atoms with Crippen LogP contribution in [0.4, 0.5) is 8.78 Å². The normalized spacial score (nSPS) is 12.6. The molecular weight excluding hydrogens is 218 g/mol. The Balaban J connectivity index is 2.84. The molecule has 0 saturated carbocycles. The summed E-state index contributed by atoms with van der Waals surface area (Å²) in [6.07, 6.45) is -3.17. The van der Waals surface area contributed by atoms with E-state index in [9.17, 15) is 13.9 Å². The van der Waals surface area contributed by atoms with Crippen LogP contribution in [0.2, 0.25) is 0 Å². The molecule has 1 aromatic rings. The highest BCUT2D eigenvalue weighted by Gasteiger charge is 2.10. The Labute approximate surface area is 92.6 Å². The summed E-state index contributed by atoms with van der Waals surface area (Å²) < 4.78 is 33.8. The van der Waals surface area contributed by atoms with Crippen molar-refractivity contribution in [1.29, 1.82) is 0 Å². The summed E-state index contributed by atoms with van der Waals surface area (Å²) in [5, 5.41) is 9.34. The molecule has 0 fully saturated rings. The summed E-state index contributed by atoms with van der Waals surface area (Å²) >= 11 is 0. The molecule has 0 aliphatic heterocycles. The Hall–Kier alpha value is -1.36. The van der Waals surface area contributed by atoms with E-state index in [-0.39, 0.29) is 5.75 Å². The van der Waals surface area contributed by atoms with Gasteiger partial charge in [0.1, 0.15) is 6.61 Å². The van der Waals surface area contributed by atoms with Crippen LogP contribution in [0, 0.1) is 0 Å². The third-order valence-corrected chi connectivity index (χ3v) is 2.03. The van der Waals surface area contributed by atoms with Gasteiger partial charge in [0, 0.05) is 0 Å². The molecule has 3 nitrogen and oxygen atoms in total. The van der Waals surface area contributed by atoms with Crippen LogP contribution < -0.4 is 9.47 Å². The van der Waals surface area contributed by atoms with Crippen molar-refractivity contribution in [2.45, 2.75) is 19.5 Å². The third-order valence-electron chi connectivity index (χ3n) is 2.03. The molecule has 0 aliphatic carbocycles. The summed E-state index contributed by atoms with van der Waals surface area (Å²) in [4.78, 5) is 0. The maximum Gasteiger partial charge on any atom is 0.272 e. The molecule has 0 amide bonds. The first-order valence-corrected chi connectivity index (χ1v) is 4.81. The van der Waals surface area contributed by atoms with Gasteiger partial charge >= 0.3 is 0 Å². The first-order chi connectivity index (χ1) is 7.54. The lowest BCUT2D eigenvalue weighted by Gasteiger charge is -2.12. The Morgan fingerprint density at radius 2 is 2.00 bits per heavy atom. The molecule has 5 heteroatoms. The van der Waals surface area contributed by atoms with Gasteiger partial charge in [0.15, 0.2) is 11.5 Å². The highest BCUT2D eigenvalue weighted by molar-refractivity contribution is 5.43. The average molecular weight is 232 g/mol. The van der Waals surface area contributed by atoms with Crippen LogP contribution in [-0.4, -0.2) is 25.2 Å². The molecule has 90 valence electrons. The van der Waals surface area contributed by atoms with Gasteiger partial charge in [0.2, 0.25) is 0 Å². The Morgan fingerprint density at radius 1 is 1.31 bits per heavy atom. The zero-order valence-electron chi connectivity index (χ0n) is 9.11. The molecule has 16 heavy (non-hydrogen) atoms. The van der Waals surface area contributed by atoms with Crippen molar-refractivity contribution in [2.75, 3.05) is 13.7 Å². The van der Waals surface area contributed by atoms with Gasteiger partial charge in [-0.15, -0.1) is 0 Å². The van der Waals surface area contributed by atoms with Crippen LogP contribution in [0.3, 0.4) is 0 Å². The first-order valence-electron chi connectivity index (χ1n) is 4.81. The Kier molecular flexibility index (Phi) is 4.49. The van der Waals surface area contributed by atoms with E-state index in [1.54, 1.807) is 19.1 Å². The molecule has 0 aliphatic rings. The maximum atomic E-state index is 12.0. The first kappa shape index (κ1) is 12.7. The topological polar surface area (TPSA) is 38.7 Å². The van der Waals surface area contributed by atoms with Gasteiger partial charge in [-0.3, -0.25) is 0 Å². The SMILES string of the molecule is COc1cc([C@@H](C)O)ccc1OCC(F)F. The summed E-state index contributed by atoms with van der Waals surface area (Å²) in [5.41, 5.74) is 0.640. The van der Waals surface area contributed by atoms with Gasteiger partial charge in [-0.25, -0.2) is 8.78 Å². The number of ether oxygens (including phenoxy) is 2. The average Bonchev–Trinajstić information content (AvgIpc) is 2.25. The van der Waals surface area contributed by atoms with Crippen LogP contribution in [0.1, 0.15) is 18.6 Å². The molecule has 0 aromatic heterocycles. The van der Waals surface area contributed by atoms with E-state index in [4.69, 9.17) is 9.47 Å². The summed E-state index contributed by atoms with van der Waals surface area (Å²) in [6.45, 7) is 0.929. The highest BCUT2D eigenvalue weighted by Crippen LogP contribution is 2.30. The van der Waals surface area contributed by atoms with Crippen molar-refractivity contribution in [3.05, 3.63) is 23.8 Å². The molecule has 0 radical (unpaired) electrons. The molecule has 1 atom stereocenters. The fourth-order valence-electron chi connectivity index (χ4n) is 1.22. The monoisotopic (exact) mass is 232 g/mol. The number of hydrogen-bond acceptors (Lipinski definition) is 3. The van der Waals surface area contributed by atoms with Crippen molar-refractivity contribution in [3.8, 4) is 11.5 Å². The van der Waals surface area contributed by atoms with Gasteiger partial charge in [-0.1, -0.05) is 6.07 Å². The molecule has 0 heterocycles. The zero-order chi connectivity index (χ0) is 12.1. The standard InChI is InChI=1S/C11H14F2O3/c1-7(14)8-3-4-9(10(5-8)15-2)16-6-11(12)13/h3-5,7,11,14H,6H2,1-2H3/t7-/m1/s1. The predicted octanol–water partition coefficient (Wildman–Crippen LogP) is 2.39. The predicted molar refractivity (Wildman–Crippen MR) is 55.1 cm³/mol. The fourth-order valence-corrected chi connectivity index (χ4v) is 1.22. The number of halogens is 2. The van der Waals surface area contributed by atoms with Gasteiger partial charge < -0.3 is 14.6 Å². The van der Waals surface area contributed by atoms with Crippen molar-refractivity contribution < 1.29 is 23.4 Å². The van der Waals surface area contributed by atoms with E-state index in [1.807, 2.05) is 0 Å². The summed E-state index contributed by atoms with van der Waals surface area (Å²) in [6, 6.07) is 4.67. The molecule has 0 bridgehead atoms. The largest absolute Gasteiger partial charge is 0.493 e. The minimum absolute atomic E-state index is 0.243. The molecule has 0 unspecified atom stereocenters. The molecule has 1 aromatic carbocycles. The van der Waals surface area contributed by atoms with Gasteiger partial charge in [0.25, 0.3) is 6.43 Å². The number of rotatable bonds is 5. The molecular formula is C11H14F2O3. The smallest absolute Gasteiger partial charge is 0.272 e. The van der Waals surface area contributed by atoms with Crippen molar-refractivity contribution >= 4 is 0 Å². The zero-order valence-corrected chi connectivity index (χ0v) is 9.11. The lowest BCUT2D eigenvalue weighted by atomic mass is 10.1. The van der Waals surface area contributed by atoms with Gasteiger partial charge in [0.05, 0.1) is 13.2 Å². The van der Waals surface area contributed by atoms with Crippen molar-refractivity contribution in [3.63, 3.8) is 0 Å². The second-order valence-electron chi connectivity index (χ2n) is 3.29. The number of methoxy groups -OCH3 is 1. The minimum Gasteiger partial charge on any atom is -0.493 e. The van der Waals surface area contributed by atoms with E-state index in [0.29, 0.717) is 11.3 Å². The lowest BCUT2D eigenvalue weighted by molar-refractivity contribution is 0.0803. The van der Waals surface area contributed by atoms with E-state index in [1.165, 1.54) is 13.2 Å². The Bertz CT molecular complexity index is 340. The highest BCUT2D eigenvalue weighted by atomic mass is 19.3. The van der Waals surface area contributed by atoms with E-state index in [0.717, 1.165) is 0 Å².